The number of allylic oxidation sites excluding steroid dienone is 4. The van der Waals surface area contributed by atoms with Gasteiger partial charge in [-0.25, -0.2) is 0 Å². The number of rotatable bonds is 5. The molecule has 4 heteroatoms. The maximum absolute atomic E-state index is 12.2. The molecule has 0 heterocycles. The third-order valence-electron chi connectivity index (χ3n) is 9.85. The summed E-state index contributed by atoms with van der Waals surface area (Å²) in [6.45, 7) is 4.63. The molecule has 5 unspecified atom stereocenters. The molecule has 2 saturated carbocycles. The minimum Gasteiger partial charge on any atom is -0.393 e. The third kappa shape index (κ3) is 4.29. The smallest absolute Gasteiger partial charge is 0.159 e. The van der Waals surface area contributed by atoms with Crippen LogP contribution in [-0.2, 0) is 11.3 Å². The summed E-state index contributed by atoms with van der Waals surface area (Å²) in [5.74, 6) is 1.71. The van der Waals surface area contributed by atoms with E-state index in [1.165, 1.54) is 22.3 Å². The number of aliphatic hydroxyl groups is 1. The highest BCUT2D eigenvalue weighted by Crippen LogP contribution is 2.63. The molecule has 37 heavy (non-hydrogen) atoms. The van der Waals surface area contributed by atoms with Crippen molar-refractivity contribution < 1.29 is 14.7 Å². The van der Waals surface area contributed by atoms with Crippen molar-refractivity contribution in [3.63, 3.8) is 0 Å². The summed E-state index contributed by atoms with van der Waals surface area (Å²) < 4.78 is 0. The topological polar surface area (TPSA) is 66.4 Å². The first-order chi connectivity index (χ1) is 17.8. The second kappa shape index (κ2) is 9.40. The quantitative estimate of drug-likeness (QED) is 0.450. The fourth-order valence-corrected chi connectivity index (χ4v) is 7.83. The zero-order valence-electron chi connectivity index (χ0n) is 21.9. The standard InChI is InChI=1S/C33H37NO3/c1-20(35)22-7-10-25(11-8-22)34-19-21-3-5-23(6-4-21)29-18-33(2)30(15-16-31(33)37)28-13-9-24-17-26(36)12-14-27(24)32(28)29/h3-8,10-11,17,28-31,34,37H,9,12-16,18-19H2,1-2H3. The van der Waals surface area contributed by atoms with Crippen LogP contribution in [0.1, 0.15) is 86.2 Å². The van der Waals surface area contributed by atoms with Crippen molar-refractivity contribution in [2.24, 2.45) is 17.3 Å². The summed E-state index contributed by atoms with van der Waals surface area (Å²) >= 11 is 0. The van der Waals surface area contributed by atoms with E-state index in [-0.39, 0.29) is 23.1 Å². The molecule has 5 atom stereocenters. The molecule has 0 aliphatic heterocycles. The fraction of sp³-hybridized carbons (Fsp3) is 0.455. The second-order valence-electron chi connectivity index (χ2n) is 11.9. The van der Waals surface area contributed by atoms with Gasteiger partial charge in [0.2, 0.25) is 0 Å². The first kappa shape index (κ1) is 24.4. The Morgan fingerprint density at radius 1 is 1.00 bits per heavy atom. The molecule has 0 radical (unpaired) electrons. The first-order valence-corrected chi connectivity index (χ1v) is 13.9. The lowest BCUT2D eigenvalue weighted by Gasteiger charge is -2.52. The summed E-state index contributed by atoms with van der Waals surface area (Å²) in [7, 11) is 0. The van der Waals surface area contributed by atoms with Crippen molar-refractivity contribution in [3.05, 3.63) is 88.0 Å². The number of carbonyl (C=O) groups excluding carboxylic acids is 2. The predicted molar refractivity (Wildman–Crippen MR) is 146 cm³/mol. The summed E-state index contributed by atoms with van der Waals surface area (Å²) in [5, 5.41) is 14.5. The maximum atomic E-state index is 12.2. The van der Waals surface area contributed by atoms with Crippen molar-refractivity contribution in [1.29, 1.82) is 0 Å². The largest absolute Gasteiger partial charge is 0.393 e. The molecule has 2 fully saturated rings. The molecule has 2 aromatic rings. The van der Waals surface area contributed by atoms with Crippen molar-refractivity contribution in [2.75, 3.05) is 5.32 Å². The van der Waals surface area contributed by atoms with Gasteiger partial charge in [-0.3, -0.25) is 9.59 Å². The average molecular weight is 496 g/mol. The van der Waals surface area contributed by atoms with Crippen LogP contribution in [0.5, 0.6) is 0 Å². The van der Waals surface area contributed by atoms with E-state index in [9.17, 15) is 14.7 Å². The molecule has 0 spiro atoms. The molecule has 4 nitrogen and oxygen atoms in total. The van der Waals surface area contributed by atoms with E-state index in [2.05, 4.69) is 36.5 Å². The van der Waals surface area contributed by atoms with Crippen molar-refractivity contribution in [1.82, 2.24) is 0 Å². The summed E-state index contributed by atoms with van der Waals surface area (Å²) in [6, 6.07) is 16.6. The molecular formula is C33H37NO3. The first-order valence-electron chi connectivity index (χ1n) is 13.9. The van der Waals surface area contributed by atoms with Gasteiger partial charge in [-0.2, -0.15) is 0 Å². The van der Waals surface area contributed by atoms with Crippen LogP contribution in [0.15, 0.2) is 71.3 Å². The molecule has 192 valence electrons. The van der Waals surface area contributed by atoms with Gasteiger partial charge in [0.1, 0.15) is 0 Å². The lowest BCUT2D eigenvalue weighted by Crippen LogP contribution is -2.45. The average Bonchev–Trinajstić information content (AvgIpc) is 3.21. The maximum Gasteiger partial charge on any atom is 0.159 e. The molecule has 4 aliphatic rings. The van der Waals surface area contributed by atoms with Crippen LogP contribution in [0, 0.1) is 17.3 Å². The SMILES string of the molecule is CC(=O)c1ccc(NCc2ccc(C3CC4(C)C(O)CCC4C4CCC5=CC(=O)CCC5=C34)cc2)cc1. The minimum atomic E-state index is -0.228. The normalized spacial score (nSPS) is 30.8. The van der Waals surface area contributed by atoms with Crippen molar-refractivity contribution >= 4 is 17.3 Å². The highest BCUT2D eigenvalue weighted by molar-refractivity contribution is 5.94. The van der Waals surface area contributed by atoms with E-state index >= 15 is 0 Å². The van der Waals surface area contributed by atoms with Crippen LogP contribution in [0.3, 0.4) is 0 Å². The van der Waals surface area contributed by atoms with Gasteiger partial charge < -0.3 is 10.4 Å². The van der Waals surface area contributed by atoms with Crippen molar-refractivity contribution in [3.8, 4) is 0 Å². The zero-order valence-corrected chi connectivity index (χ0v) is 21.9. The minimum absolute atomic E-state index is 0.0443. The van der Waals surface area contributed by atoms with Gasteiger partial charge in [-0.05, 0) is 115 Å². The van der Waals surface area contributed by atoms with Gasteiger partial charge >= 0.3 is 0 Å². The number of hydrogen-bond acceptors (Lipinski definition) is 4. The van der Waals surface area contributed by atoms with Gasteiger partial charge in [0.15, 0.2) is 11.6 Å². The number of anilines is 1. The molecule has 2 aromatic carbocycles. The van der Waals surface area contributed by atoms with E-state index in [0.717, 1.165) is 49.8 Å². The number of Topliss-reactive ketones (excluding diaryl/α,β-unsaturated/α-hetero) is 1. The van der Waals surface area contributed by atoms with Crippen molar-refractivity contribution in [2.45, 2.75) is 77.4 Å². The Labute approximate surface area is 219 Å². The molecule has 4 aliphatic carbocycles. The molecule has 0 aromatic heterocycles. The number of ketones is 2. The highest BCUT2D eigenvalue weighted by atomic mass is 16.3. The van der Waals surface area contributed by atoms with Gasteiger partial charge in [-0.1, -0.05) is 36.8 Å². The predicted octanol–water partition coefficient (Wildman–Crippen LogP) is 6.76. The van der Waals surface area contributed by atoms with Crippen LogP contribution in [0.2, 0.25) is 0 Å². The highest BCUT2D eigenvalue weighted by Gasteiger charge is 2.56. The van der Waals surface area contributed by atoms with E-state index in [1.807, 2.05) is 30.3 Å². The number of benzene rings is 2. The van der Waals surface area contributed by atoms with E-state index in [4.69, 9.17) is 0 Å². The zero-order chi connectivity index (χ0) is 25.7. The van der Waals surface area contributed by atoms with Crippen LogP contribution in [-0.4, -0.2) is 22.8 Å². The molecule has 0 saturated heterocycles. The molecular weight excluding hydrogens is 458 g/mol. The lowest BCUT2D eigenvalue weighted by molar-refractivity contribution is -0.114. The monoisotopic (exact) mass is 495 g/mol. The fourth-order valence-electron chi connectivity index (χ4n) is 7.83. The Kier molecular flexibility index (Phi) is 6.19. The van der Waals surface area contributed by atoms with Gasteiger partial charge in [0.25, 0.3) is 0 Å². The third-order valence-corrected chi connectivity index (χ3v) is 9.85. The second-order valence-corrected chi connectivity index (χ2v) is 11.9. The number of nitrogens with one attached hydrogen (secondary N) is 1. The lowest BCUT2D eigenvalue weighted by atomic mass is 9.53. The van der Waals surface area contributed by atoms with Crippen LogP contribution < -0.4 is 5.32 Å². The molecule has 2 N–H and O–H groups in total. The van der Waals surface area contributed by atoms with E-state index in [0.29, 0.717) is 30.7 Å². The van der Waals surface area contributed by atoms with Crippen LogP contribution in [0.25, 0.3) is 0 Å². The number of fused-ring (bicyclic) bond motifs is 4. The Bertz CT molecular complexity index is 1290. The van der Waals surface area contributed by atoms with Gasteiger partial charge in [-0.15, -0.1) is 0 Å². The van der Waals surface area contributed by atoms with Gasteiger partial charge in [0, 0.05) is 30.1 Å². The Balaban J connectivity index is 1.28. The van der Waals surface area contributed by atoms with Gasteiger partial charge in [0.05, 0.1) is 6.10 Å². The van der Waals surface area contributed by atoms with E-state index in [1.54, 1.807) is 12.5 Å². The molecule has 0 bridgehead atoms. The van der Waals surface area contributed by atoms with Crippen LogP contribution in [0.4, 0.5) is 5.69 Å². The van der Waals surface area contributed by atoms with Crippen LogP contribution >= 0.6 is 0 Å². The Morgan fingerprint density at radius 3 is 2.49 bits per heavy atom. The summed E-state index contributed by atoms with van der Waals surface area (Å²) in [6.07, 6.45) is 8.31. The Hall–Kier alpha value is -2.98. The molecule has 6 rings (SSSR count). The summed E-state index contributed by atoms with van der Waals surface area (Å²) in [5.41, 5.74) is 8.55. The van der Waals surface area contributed by atoms with E-state index < -0.39 is 0 Å². The molecule has 0 amide bonds. The number of carbonyl (C=O) groups is 2. The number of aliphatic hydroxyl groups excluding tert-OH is 1. The summed E-state index contributed by atoms with van der Waals surface area (Å²) in [4.78, 5) is 23.7. The Morgan fingerprint density at radius 2 is 1.76 bits per heavy atom. The number of hydrogen-bond donors (Lipinski definition) is 2.